The first-order chi connectivity index (χ1) is 16.3. The zero-order valence-corrected chi connectivity index (χ0v) is 20.8. The summed E-state index contributed by atoms with van der Waals surface area (Å²) in [5, 5.41) is 11.3. The van der Waals surface area contributed by atoms with Gasteiger partial charge in [0, 0.05) is 29.8 Å². The Morgan fingerprint density at radius 2 is 2.03 bits per heavy atom. The van der Waals surface area contributed by atoms with Crippen molar-refractivity contribution < 1.29 is 4.79 Å². The maximum Gasteiger partial charge on any atom is 0.122 e. The van der Waals surface area contributed by atoms with E-state index in [2.05, 4.69) is 39.3 Å². The van der Waals surface area contributed by atoms with Crippen LogP contribution in [0.25, 0.3) is 11.1 Å². The smallest absolute Gasteiger partial charge is 0.122 e. The van der Waals surface area contributed by atoms with Gasteiger partial charge in [-0.05, 0) is 41.6 Å². The molecule has 3 aromatic rings. The molecule has 0 bridgehead atoms. The van der Waals surface area contributed by atoms with Crippen molar-refractivity contribution in [3.05, 3.63) is 64.9 Å². The summed E-state index contributed by atoms with van der Waals surface area (Å²) in [6, 6.07) is 12.1. The molecule has 7 nitrogen and oxygen atoms in total. The van der Waals surface area contributed by atoms with E-state index >= 15 is 0 Å². The van der Waals surface area contributed by atoms with Crippen LogP contribution in [0.5, 0.6) is 0 Å². The van der Waals surface area contributed by atoms with E-state index < -0.39 is 5.54 Å². The Bertz CT molecular complexity index is 1180. The maximum atomic E-state index is 9.50. The lowest BCUT2D eigenvalue weighted by atomic mass is 9.87. The monoisotopic (exact) mass is 474 g/mol. The summed E-state index contributed by atoms with van der Waals surface area (Å²) in [7, 11) is 0. The Balaban J connectivity index is 0.000000588. The molecule has 1 aliphatic rings. The van der Waals surface area contributed by atoms with Gasteiger partial charge in [-0.15, -0.1) is 11.3 Å². The topological polar surface area (TPSA) is 108 Å². The van der Waals surface area contributed by atoms with Crippen LogP contribution in [0.1, 0.15) is 38.1 Å². The Kier molecular flexibility index (Phi) is 8.13. The highest BCUT2D eigenvalue weighted by atomic mass is 32.1. The lowest BCUT2D eigenvalue weighted by molar-refractivity contribution is -0.110. The van der Waals surface area contributed by atoms with Gasteiger partial charge in [0.05, 0.1) is 35.5 Å². The molecule has 1 aliphatic heterocycles. The third-order valence-electron chi connectivity index (χ3n) is 5.65. The highest BCUT2D eigenvalue weighted by Gasteiger charge is 2.47. The molecule has 0 radical (unpaired) electrons. The molecule has 34 heavy (non-hydrogen) atoms. The molecule has 0 amide bonds. The lowest BCUT2D eigenvalue weighted by Gasteiger charge is -2.28. The van der Waals surface area contributed by atoms with Crippen molar-refractivity contribution in [1.29, 1.82) is 5.26 Å². The largest absolute Gasteiger partial charge is 0.388 e. The van der Waals surface area contributed by atoms with Gasteiger partial charge in [-0.1, -0.05) is 32.9 Å². The molecule has 0 aliphatic carbocycles. The number of nitrogens with two attached hydrogens (primary N) is 1. The van der Waals surface area contributed by atoms with E-state index in [0.717, 1.165) is 29.6 Å². The number of thiophene rings is 1. The number of aliphatic imine (C=N–C) groups is 1. The minimum Gasteiger partial charge on any atom is -0.388 e. The summed E-state index contributed by atoms with van der Waals surface area (Å²) < 4.78 is 0. The van der Waals surface area contributed by atoms with E-state index in [1.807, 2.05) is 57.4 Å². The summed E-state index contributed by atoms with van der Waals surface area (Å²) in [4.78, 5) is 26.2. The number of carbonyl (C=O) groups excluding carboxylic acids is 1. The summed E-state index contributed by atoms with van der Waals surface area (Å²) in [6.45, 7) is 9.33. The molecule has 176 valence electrons. The molecule has 1 aromatic carbocycles. The molecule has 8 heteroatoms. The van der Waals surface area contributed by atoms with Crippen molar-refractivity contribution in [2.75, 3.05) is 18.0 Å². The van der Waals surface area contributed by atoms with Gasteiger partial charge in [0.1, 0.15) is 18.2 Å². The SMILES string of the molecule is CC(C)C=O.CC(N)=NC1(c2cc(-c3cccc(C#N)c3)cs2)CN(c2cncnc2)CC1C. The maximum absolute atomic E-state index is 9.50. The zero-order valence-electron chi connectivity index (χ0n) is 20.0. The number of hydrogen-bond donors (Lipinski definition) is 1. The van der Waals surface area contributed by atoms with E-state index in [-0.39, 0.29) is 11.8 Å². The Morgan fingerprint density at radius 3 is 2.65 bits per heavy atom. The number of amidine groups is 1. The van der Waals surface area contributed by atoms with Crippen LogP contribution >= 0.6 is 11.3 Å². The van der Waals surface area contributed by atoms with Crippen LogP contribution in [0.2, 0.25) is 0 Å². The van der Waals surface area contributed by atoms with Crippen molar-refractivity contribution in [3.63, 3.8) is 0 Å². The standard InChI is InChI=1S/C22H22N6S.C4H8O/c1-15-11-28(20-9-25-14-26-10-20)13-22(15,27-16(2)24)21-7-19(12-29-21)18-5-3-4-17(6-18)8-23;1-4(2)3-5/h3-7,9-10,12,14-15H,11,13H2,1-2H3,(H2,24,27);3-4H,1-2H3. The molecule has 1 fully saturated rings. The highest BCUT2D eigenvalue weighted by molar-refractivity contribution is 7.10. The van der Waals surface area contributed by atoms with E-state index in [9.17, 15) is 10.1 Å². The van der Waals surface area contributed by atoms with E-state index in [1.54, 1.807) is 17.7 Å². The molecular formula is C26H30N6OS. The summed E-state index contributed by atoms with van der Waals surface area (Å²) in [5.74, 6) is 1.04. The fourth-order valence-electron chi connectivity index (χ4n) is 3.96. The average Bonchev–Trinajstić information content (AvgIpc) is 3.46. The fraction of sp³-hybridized carbons (Fsp3) is 0.346. The molecule has 2 aromatic heterocycles. The van der Waals surface area contributed by atoms with Crippen LogP contribution in [0.4, 0.5) is 5.69 Å². The van der Waals surface area contributed by atoms with Gasteiger partial charge in [-0.25, -0.2) is 9.97 Å². The summed E-state index contributed by atoms with van der Waals surface area (Å²) in [5.41, 5.74) is 9.43. The van der Waals surface area contributed by atoms with E-state index in [1.165, 1.54) is 4.88 Å². The van der Waals surface area contributed by atoms with Crippen molar-refractivity contribution in [2.24, 2.45) is 22.6 Å². The Morgan fingerprint density at radius 1 is 1.32 bits per heavy atom. The number of nitriles is 1. The number of rotatable bonds is 5. The van der Waals surface area contributed by atoms with E-state index in [0.29, 0.717) is 17.9 Å². The van der Waals surface area contributed by atoms with Gasteiger partial charge in [0.25, 0.3) is 0 Å². The van der Waals surface area contributed by atoms with Crippen LogP contribution in [0.3, 0.4) is 0 Å². The van der Waals surface area contributed by atoms with Crippen molar-refractivity contribution >= 4 is 29.1 Å². The highest BCUT2D eigenvalue weighted by Crippen LogP contribution is 2.45. The number of nitrogens with zero attached hydrogens (tertiary/aromatic N) is 5. The predicted octanol–water partition coefficient (Wildman–Crippen LogP) is 4.65. The zero-order chi connectivity index (χ0) is 24.7. The number of benzene rings is 1. The van der Waals surface area contributed by atoms with Crippen LogP contribution in [0.15, 0.2) is 59.4 Å². The van der Waals surface area contributed by atoms with E-state index in [4.69, 9.17) is 10.7 Å². The molecular weight excluding hydrogens is 444 g/mol. The predicted molar refractivity (Wildman–Crippen MR) is 138 cm³/mol. The minimum absolute atomic E-state index is 0.204. The van der Waals surface area contributed by atoms with Gasteiger partial charge in [0.15, 0.2) is 0 Å². The number of aldehydes is 1. The first-order valence-electron chi connectivity index (χ1n) is 11.2. The molecule has 2 N–H and O–H groups in total. The molecule has 0 spiro atoms. The molecule has 3 heterocycles. The molecule has 4 rings (SSSR count). The van der Waals surface area contributed by atoms with Crippen LogP contribution in [-0.4, -0.2) is 35.2 Å². The second-order valence-corrected chi connectivity index (χ2v) is 9.74. The second kappa shape index (κ2) is 11.0. The van der Waals surface area contributed by atoms with Crippen LogP contribution in [0, 0.1) is 23.2 Å². The molecule has 1 saturated heterocycles. The number of carbonyl (C=O) groups is 1. The normalized spacial score (nSPS) is 19.9. The fourth-order valence-corrected chi connectivity index (χ4v) is 5.13. The molecule has 2 atom stereocenters. The minimum atomic E-state index is -0.426. The van der Waals surface area contributed by atoms with Gasteiger partial charge in [0.2, 0.25) is 0 Å². The molecule has 0 saturated carbocycles. The Hall–Kier alpha value is -3.57. The van der Waals surface area contributed by atoms with Crippen molar-refractivity contribution in [3.8, 4) is 17.2 Å². The first kappa shape index (κ1) is 25.1. The third-order valence-corrected chi connectivity index (χ3v) is 6.75. The molecule has 2 unspecified atom stereocenters. The summed E-state index contributed by atoms with van der Waals surface area (Å²) >= 11 is 1.69. The van der Waals surface area contributed by atoms with Crippen LogP contribution in [-0.2, 0) is 10.3 Å². The van der Waals surface area contributed by atoms with Gasteiger partial charge in [-0.3, -0.25) is 4.99 Å². The second-order valence-electron chi connectivity index (χ2n) is 8.83. The van der Waals surface area contributed by atoms with Gasteiger partial charge >= 0.3 is 0 Å². The van der Waals surface area contributed by atoms with Crippen molar-refractivity contribution in [2.45, 2.75) is 33.2 Å². The van der Waals surface area contributed by atoms with Crippen LogP contribution < -0.4 is 10.6 Å². The lowest BCUT2D eigenvalue weighted by Crippen LogP contribution is -2.34. The summed E-state index contributed by atoms with van der Waals surface area (Å²) in [6.07, 6.45) is 6.13. The van der Waals surface area contributed by atoms with Crippen molar-refractivity contribution in [1.82, 2.24) is 9.97 Å². The van der Waals surface area contributed by atoms with Gasteiger partial charge in [-0.2, -0.15) is 5.26 Å². The quantitative estimate of drug-likeness (QED) is 0.328. The Labute approximate surface area is 205 Å². The number of hydrogen-bond acceptors (Lipinski definition) is 7. The first-order valence-corrected chi connectivity index (χ1v) is 12.0. The number of anilines is 1. The third kappa shape index (κ3) is 5.67. The van der Waals surface area contributed by atoms with Gasteiger partial charge < -0.3 is 15.4 Å². The number of aromatic nitrogens is 2. The average molecular weight is 475 g/mol.